The van der Waals surface area contributed by atoms with E-state index in [1.165, 1.54) is 0 Å². The van der Waals surface area contributed by atoms with Gasteiger partial charge in [0.1, 0.15) is 5.82 Å². The monoisotopic (exact) mass is 291 g/mol. The topological polar surface area (TPSA) is 61.4 Å². The molecule has 6 nitrogen and oxygen atoms in total. The van der Waals surface area contributed by atoms with Crippen LogP contribution in [0.4, 0.5) is 11.8 Å². The van der Waals surface area contributed by atoms with Crippen LogP contribution in [0.1, 0.15) is 32.9 Å². The molecule has 1 unspecified atom stereocenters. The average molecular weight is 291 g/mol. The van der Waals surface area contributed by atoms with Gasteiger partial charge >= 0.3 is 0 Å². The fourth-order valence-corrected chi connectivity index (χ4v) is 2.34. The Morgan fingerprint density at radius 1 is 1.33 bits per heavy atom. The first-order valence-electron chi connectivity index (χ1n) is 7.62. The highest BCUT2D eigenvalue weighted by atomic mass is 16.2. The number of carbonyl (C=O) groups is 1. The minimum absolute atomic E-state index is 0.138. The maximum absolute atomic E-state index is 11.4. The zero-order valence-electron chi connectivity index (χ0n) is 13.4. The highest BCUT2D eigenvalue weighted by Crippen LogP contribution is 2.16. The highest BCUT2D eigenvalue weighted by molar-refractivity contribution is 5.73. The van der Waals surface area contributed by atoms with Crippen LogP contribution in [-0.4, -0.2) is 53.0 Å². The Labute approximate surface area is 126 Å². The van der Waals surface area contributed by atoms with Gasteiger partial charge in [-0.15, -0.1) is 0 Å². The first-order valence-corrected chi connectivity index (χ1v) is 7.62. The molecule has 1 aliphatic rings. The number of nitrogens with zero attached hydrogens (tertiary/aromatic N) is 4. The number of hydrogen-bond acceptors (Lipinski definition) is 5. The molecule has 1 N–H and O–H groups in total. The second-order valence-corrected chi connectivity index (χ2v) is 5.64. The van der Waals surface area contributed by atoms with E-state index in [9.17, 15) is 4.79 Å². The summed E-state index contributed by atoms with van der Waals surface area (Å²) in [6, 6.07) is 2.36. The second-order valence-electron chi connectivity index (χ2n) is 5.64. The quantitative estimate of drug-likeness (QED) is 0.914. The molecule has 21 heavy (non-hydrogen) atoms. The first kappa shape index (κ1) is 15.5. The smallest absolute Gasteiger partial charge is 0.227 e. The van der Waals surface area contributed by atoms with Gasteiger partial charge in [-0.2, -0.15) is 4.98 Å². The van der Waals surface area contributed by atoms with E-state index >= 15 is 0 Å². The molecular formula is C15H25N5O. The van der Waals surface area contributed by atoms with Crippen molar-refractivity contribution in [2.24, 2.45) is 0 Å². The van der Waals surface area contributed by atoms with Crippen LogP contribution < -0.4 is 10.2 Å². The fraction of sp³-hybridized carbons (Fsp3) is 0.667. The molecule has 0 saturated carbocycles. The van der Waals surface area contributed by atoms with Crippen molar-refractivity contribution in [3.8, 4) is 0 Å². The second kappa shape index (κ2) is 6.74. The van der Waals surface area contributed by atoms with Crippen LogP contribution in [0, 0.1) is 6.92 Å². The summed E-state index contributed by atoms with van der Waals surface area (Å²) in [5.74, 6) is 1.77. The number of hydrogen-bond donors (Lipinski definition) is 1. The number of carbonyl (C=O) groups excluding carboxylic acids is 1. The SMILES string of the molecule is CCC(C)Nc1cc(C)nc(N2CCN(C(C)=O)CC2)n1. The molecular weight excluding hydrogens is 266 g/mol. The Hall–Kier alpha value is -1.85. The highest BCUT2D eigenvalue weighted by Gasteiger charge is 2.21. The van der Waals surface area contributed by atoms with Crippen molar-refractivity contribution < 1.29 is 4.79 Å². The molecule has 0 bridgehead atoms. The van der Waals surface area contributed by atoms with E-state index in [0.29, 0.717) is 6.04 Å². The van der Waals surface area contributed by atoms with E-state index in [1.54, 1.807) is 6.92 Å². The molecule has 0 aromatic carbocycles. The van der Waals surface area contributed by atoms with Gasteiger partial charge in [0, 0.05) is 50.9 Å². The third kappa shape index (κ3) is 4.06. The predicted molar refractivity (Wildman–Crippen MR) is 84.6 cm³/mol. The molecule has 1 amide bonds. The molecule has 6 heteroatoms. The van der Waals surface area contributed by atoms with Gasteiger partial charge < -0.3 is 15.1 Å². The third-order valence-corrected chi connectivity index (χ3v) is 3.86. The Kier molecular flexibility index (Phi) is 4.98. The number of nitrogens with one attached hydrogen (secondary N) is 1. The fourth-order valence-electron chi connectivity index (χ4n) is 2.34. The molecule has 2 rings (SSSR count). The van der Waals surface area contributed by atoms with Crippen LogP contribution in [0.5, 0.6) is 0 Å². The summed E-state index contributed by atoms with van der Waals surface area (Å²) in [5, 5.41) is 3.40. The Bertz CT molecular complexity index is 497. The lowest BCUT2D eigenvalue weighted by Gasteiger charge is -2.34. The number of piperazine rings is 1. The van der Waals surface area contributed by atoms with E-state index in [-0.39, 0.29) is 5.91 Å². The van der Waals surface area contributed by atoms with Gasteiger partial charge in [-0.1, -0.05) is 6.92 Å². The van der Waals surface area contributed by atoms with Gasteiger partial charge in [-0.3, -0.25) is 4.79 Å². The summed E-state index contributed by atoms with van der Waals surface area (Å²) in [6.07, 6.45) is 1.05. The van der Waals surface area contributed by atoms with Crippen LogP contribution >= 0.6 is 0 Å². The molecule has 1 fully saturated rings. The first-order chi connectivity index (χ1) is 9.99. The maximum atomic E-state index is 11.4. The molecule has 116 valence electrons. The molecule has 1 atom stereocenters. The number of anilines is 2. The zero-order chi connectivity index (χ0) is 15.4. The normalized spacial score (nSPS) is 16.8. The number of aryl methyl sites for hydroxylation is 1. The van der Waals surface area contributed by atoms with E-state index in [1.807, 2.05) is 17.9 Å². The standard InChI is InChI=1S/C15H25N5O/c1-5-11(2)16-14-10-12(3)17-15(18-14)20-8-6-19(7-9-20)13(4)21/h10-11H,5-9H2,1-4H3,(H,16,17,18). The van der Waals surface area contributed by atoms with Gasteiger partial charge in [0.15, 0.2) is 0 Å². The van der Waals surface area contributed by atoms with E-state index in [2.05, 4.69) is 34.0 Å². The van der Waals surface area contributed by atoms with Crippen LogP contribution in [0.25, 0.3) is 0 Å². The Balaban J connectivity index is 2.08. The Morgan fingerprint density at radius 3 is 2.57 bits per heavy atom. The lowest BCUT2D eigenvalue weighted by atomic mass is 10.2. The molecule has 1 aromatic heterocycles. The minimum atomic E-state index is 0.138. The number of aromatic nitrogens is 2. The summed E-state index contributed by atoms with van der Waals surface area (Å²) in [7, 11) is 0. The zero-order valence-corrected chi connectivity index (χ0v) is 13.4. The maximum Gasteiger partial charge on any atom is 0.227 e. The van der Waals surface area contributed by atoms with Crippen LogP contribution in [-0.2, 0) is 4.79 Å². The molecule has 1 saturated heterocycles. The van der Waals surface area contributed by atoms with Gasteiger partial charge in [0.05, 0.1) is 0 Å². The minimum Gasteiger partial charge on any atom is -0.367 e. The number of rotatable bonds is 4. The summed E-state index contributed by atoms with van der Waals surface area (Å²) >= 11 is 0. The average Bonchev–Trinajstić information content (AvgIpc) is 2.46. The summed E-state index contributed by atoms with van der Waals surface area (Å²) in [6.45, 7) is 10.9. The lowest BCUT2D eigenvalue weighted by molar-refractivity contribution is -0.129. The van der Waals surface area contributed by atoms with Crippen molar-refractivity contribution in [1.29, 1.82) is 0 Å². The molecule has 1 aromatic rings. The molecule has 2 heterocycles. The van der Waals surface area contributed by atoms with Crippen molar-refractivity contribution in [3.63, 3.8) is 0 Å². The largest absolute Gasteiger partial charge is 0.367 e. The summed E-state index contributed by atoms with van der Waals surface area (Å²) in [4.78, 5) is 24.5. The molecule has 0 spiro atoms. The van der Waals surface area contributed by atoms with Gasteiger partial charge in [0.2, 0.25) is 11.9 Å². The third-order valence-electron chi connectivity index (χ3n) is 3.86. The van der Waals surface area contributed by atoms with Crippen LogP contribution in [0.3, 0.4) is 0 Å². The van der Waals surface area contributed by atoms with Crippen LogP contribution in [0.15, 0.2) is 6.07 Å². The molecule has 0 aliphatic carbocycles. The Morgan fingerprint density at radius 2 is 2.00 bits per heavy atom. The molecule has 1 aliphatic heterocycles. The van der Waals surface area contributed by atoms with E-state index in [4.69, 9.17) is 0 Å². The summed E-state index contributed by atoms with van der Waals surface area (Å²) in [5.41, 5.74) is 0.958. The van der Waals surface area contributed by atoms with E-state index in [0.717, 1.165) is 50.1 Å². The van der Waals surface area contributed by atoms with E-state index < -0.39 is 0 Å². The predicted octanol–water partition coefficient (Wildman–Crippen LogP) is 1.66. The van der Waals surface area contributed by atoms with Gasteiger partial charge in [0.25, 0.3) is 0 Å². The van der Waals surface area contributed by atoms with Crippen molar-refractivity contribution in [1.82, 2.24) is 14.9 Å². The number of amides is 1. The van der Waals surface area contributed by atoms with Crippen molar-refractivity contribution >= 4 is 17.7 Å². The van der Waals surface area contributed by atoms with Crippen molar-refractivity contribution in [2.75, 3.05) is 36.4 Å². The van der Waals surface area contributed by atoms with Crippen LogP contribution in [0.2, 0.25) is 0 Å². The molecule has 0 radical (unpaired) electrons. The van der Waals surface area contributed by atoms with Crippen molar-refractivity contribution in [2.45, 2.75) is 40.2 Å². The lowest BCUT2D eigenvalue weighted by Crippen LogP contribution is -2.48. The van der Waals surface area contributed by atoms with Crippen molar-refractivity contribution in [3.05, 3.63) is 11.8 Å². The van der Waals surface area contributed by atoms with Gasteiger partial charge in [-0.25, -0.2) is 4.98 Å². The summed E-state index contributed by atoms with van der Waals surface area (Å²) < 4.78 is 0. The van der Waals surface area contributed by atoms with Gasteiger partial charge in [-0.05, 0) is 20.3 Å².